The van der Waals surface area contributed by atoms with Crippen LogP contribution in [0.2, 0.25) is 0 Å². The Kier molecular flexibility index (Phi) is 3.42. The summed E-state index contributed by atoms with van der Waals surface area (Å²) in [4.78, 5) is 14.8. The van der Waals surface area contributed by atoms with E-state index in [1.54, 1.807) is 6.92 Å². The van der Waals surface area contributed by atoms with Gasteiger partial charge in [0.1, 0.15) is 24.7 Å². The van der Waals surface area contributed by atoms with Crippen LogP contribution in [0, 0.1) is 34.0 Å². The summed E-state index contributed by atoms with van der Waals surface area (Å²) in [5.74, 6) is 1.01. The zero-order valence-electron chi connectivity index (χ0n) is 18.4. The molecule has 9 aliphatic rings. The second kappa shape index (κ2) is 5.44. The quantitative estimate of drug-likeness (QED) is 0.662. The zero-order chi connectivity index (χ0) is 20.7. The van der Waals surface area contributed by atoms with Crippen molar-refractivity contribution < 1.29 is 24.1 Å². The van der Waals surface area contributed by atoms with Crippen molar-refractivity contribution in [2.75, 3.05) is 13.2 Å². The van der Waals surface area contributed by atoms with Gasteiger partial charge in [0, 0.05) is 35.6 Å². The highest BCUT2D eigenvalue weighted by atomic mass is 16.6. The van der Waals surface area contributed by atoms with Gasteiger partial charge in [0.05, 0.1) is 12.2 Å². The Morgan fingerprint density at radius 3 is 2.80 bits per heavy atom. The molecule has 166 valence electrons. The van der Waals surface area contributed by atoms with Crippen molar-refractivity contribution in [3.8, 4) is 0 Å². The van der Waals surface area contributed by atoms with Gasteiger partial charge in [-0.25, -0.2) is 4.90 Å². The highest BCUT2D eigenvalue weighted by Gasteiger charge is 2.83. The van der Waals surface area contributed by atoms with Crippen LogP contribution in [0.4, 0.5) is 0 Å². The average Bonchev–Trinajstić information content (AvgIpc) is 3.16. The number of carbonyl (C=O) groups is 1. The number of hydrogen-bond acceptors (Lipinski definition) is 6. The number of rotatable bonds is 1. The van der Waals surface area contributed by atoms with Gasteiger partial charge in [-0.1, -0.05) is 13.3 Å². The summed E-state index contributed by atoms with van der Waals surface area (Å²) >= 11 is 0. The molecule has 1 N–H and O–H groups in total. The fourth-order valence-electron chi connectivity index (χ4n) is 10.5. The lowest BCUT2D eigenvalue weighted by molar-refractivity contribution is -0.447. The van der Waals surface area contributed by atoms with Crippen LogP contribution in [0.15, 0.2) is 0 Å². The fourth-order valence-corrected chi connectivity index (χ4v) is 10.5. The first-order valence-electron chi connectivity index (χ1n) is 12.2. The highest BCUT2D eigenvalue weighted by molar-refractivity contribution is 5.66. The van der Waals surface area contributed by atoms with Crippen LogP contribution in [0.1, 0.15) is 65.7 Å². The van der Waals surface area contributed by atoms with Crippen LogP contribution in [0.5, 0.6) is 0 Å². The van der Waals surface area contributed by atoms with E-state index in [1.807, 2.05) is 6.92 Å². The van der Waals surface area contributed by atoms with Gasteiger partial charge in [-0.3, -0.25) is 4.79 Å². The second-order valence-electron chi connectivity index (χ2n) is 12.2. The molecular weight excluding hydrogens is 382 g/mol. The van der Waals surface area contributed by atoms with Crippen LogP contribution in [-0.4, -0.2) is 59.4 Å². The van der Waals surface area contributed by atoms with Gasteiger partial charge in [-0.05, 0) is 57.3 Å². The molecular formula is C24H35NO5. The monoisotopic (exact) mass is 417 g/mol. The molecule has 5 saturated carbocycles. The number of ether oxygens (including phenoxy) is 3. The van der Waals surface area contributed by atoms with Crippen molar-refractivity contribution in [2.45, 2.75) is 96.0 Å². The first kappa shape index (κ1) is 18.8. The van der Waals surface area contributed by atoms with Gasteiger partial charge < -0.3 is 19.3 Å². The molecule has 0 amide bonds. The summed E-state index contributed by atoms with van der Waals surface area (Å²) in [7, 11) is 0. The largest absolute Gasteiger partial charge is 0.459 e. The number of aliphatic hydroxyl groups is 1. The molecule has 6 heteroatoms. The van der Waals surface area contributed by atoms with E-state index in [0.717, 1.165) is 51.7 Å². The molecule has 5 aliphatic carbocycles. The normalized spacial score (nSPS) is 62.7. The van der Waals surface area contributed by atoms with Crippen LogP contribution in [0.25, 0.3) is 0 Å². The third-order valence-corrected chi connectivity index (χ3v) is 11.0. The topological polar surface area (TPSA) is 68.2 Å². The number of carbonyl (C=O) groups excluding carboxylic acids is 1. The van der Waals surface area contributed by atoms with E-state index in [0.29, 0.717) is 11.8 Å². The molecule has 0 aromatic rings. The van der Waals surface area contributed by atoms with E-state index in [4.69, 9.17) is 14.2 Å². The van der Waals surface area contributed by atoms with Gasteiger partial charge in [-0.2, -0.15) is 0 Å². The third kappa shape index (κ3) is 1.84. The van der Waals surface area contributed by atoms with Crippen molar-refractivity contribution in [2.24, 2.45) is 34.0 Å². The second-order valence-corrected chi connectivity index (χ2v) is 12.2. The molecule has 3 unspecified atom stereocenters. The number of piperidine rings is 1. The maximum absolute atomic E-state index is 12.3. The standard InChI is InChI=1S/C24H35NO5/c1-13(26)29-16-17-21(2)6-4-7-24(17)15-11-14-5-8-23(15,12-22(14,3)27)18(16)30-20(24)25-9-10-28-19(21)25/h14-20,27H,4-12H2,1-3H3/t14-,15-,16-,17-,18+,19+,20?,21-,22-,23?,24?/m1/s1. The maximum Gasteiger partial charge on any atom is 0.303 e. The molecule has 0 aromatic carbocycles. The predicted octanol–water partition coefficient (Wildman–Crippen LogP) is 2.68. The van der Waals surface area contributed by atoms with Crippen molar-refractivity contribution in [3.05, 3.63) is 0 Å². The molecule has 9 rings (SSSR count). The predicted molar refractivity (Wildman–Crippen MR) is 107 cm³/mol. The van der Waals surface area contributed by atoms with Gasteiger partial charge in [0.25, 0.3) is 0 Å². The molecule has 11 atom stereocenters. The SMILES string of the molecule is CC(=O)O[C@H]1[C@@H]2OC3N4CCO[C@H]4[C@]4(C)CCCC3([C@@H]3C[C@H]5CCC32C[C@@]5(C)O)[C@H]14. The molecule has 7 bridgehead atoms. The van der Waals surface area contributed by atoms with Crippen molar-refractivity contribution in [1.29, 1.82) is 0 Å². The number of esters is 1. The molecule has 4 aliphatic heterocycles. The third-order valence-electron chi connectivity index (χ3n) is 11.0. The van der Waals surface area contributed by atoms with Gasteiger partial charge in [0.15, 0.2) is 0 Å². The van der Waals surface area contributed by atoms with E-state index in [-0.39, 0.29) is 52.8 Å². The summed E-state index contributed by atoms with van der Waals surface area (Å²) < 4.78 is 19.6. The molecule has 4 heterocycles. The highest BCUT2D eigenvalue weighted by Crippen LogP contribution is 2.80. The summed E-state index contributed by atoms with van der Waals surface area (Å²) in [5, 5.41) is 11.3. The van der Waals surface area contributed by atoms with Crippen molar-refractivity contribution in [1.82, 2.24) is 4.90 Å². The van der Waals surface area contributed by atoms with E-state index < -0.39 is 5.60 Å². The number of hydrogen-bond donors (Lipinski definition) is 1. The minimum atomic E-state index is -0.640. The van der Waals surface area contributed by atoms with Gasteiger partial charge in [0.2, 0.25) is 0 Å². The van der Waals surface area contributed by atoms with Crippen LogP contribution < -0.4 is 0 Å². The number of fused-ring (bicyclic) bond motifs is 4. The molecule has 4 saturated heterocycles. The molecule has 2 spiro atoms. The Morgan fingerprint density at radius 2 is 2.03 bits per heavy atom. The Bertz CT molecular complexity index is 815. The smallest absolute Gasteiger partial charge is 0.303 e. The lowest BCUT2D eigenvalue weighted by Gasteiger charge is -2.81. The maximum atomic E-state index is 12.3. The number of nitrogens with zero attached hydrogens (tertiary/aromatic N) is 1. The lowest BCUT2D eigenvalue weighted by atomic mass is 9.31. The van der Waals surface area contributed by atoms with E-state index >= 15 is 0 Å². The Labute approximate surface area is 178 Å². The molecule has 6 nitrogen and oxygen atoms in total. The van der Waals surface area contributed by atoms with Crippen LogP contribution in [0.3, 0.4) is 0 Å². The van der Waals surface area contributed by atoms with E-state index in [9.17, 15) is 9.90 Å². The minimum absolute atomic E-state index is 0.00123. The first-order valence-corrected chi connectivity index (χ1v) is 12.2. The van der Waals surface area contributed by atoms with Crippen molar-refractivity contribution >= 4 is 5.97 Å². The van der Waals surface area contributed by atoms with E-state index in [2.05, 4.69) is 11.8 Å². The van der Waals surface area contributed by atoms with E-state index in [1.165, 1.54) is 6.42 Å². The molecule has 30 heavy (non-hydrogen) atoms. The summed E-state index contributed by atoms with van der Waals surface area (Å²) in [6, 6.07) is 0. The van der Waals surface area contributed by atoms with Crippen LogP contribution >= 0.6 is 0 Å². The Balaban J connectivity index is 1.46. The Hall–Kier alpha value is -0.690. The zero-order valence-corrected chi connectivity index (χ0v) is 18.4. The summed E-state index contributed by atoms with van der Waals surface area (Å²) in [6.07, 6.45) is 7.30. The lowest BCUT2D eigenvalue weighted by Crippen LogP contribution is -2.86. The molecule has 0 radical (unpaired) electrons. The first-order chi connectivity index (χ1) is 14.2. The Morgan fingerprint density at radius 1 is 1.20 bits per heavy atom. The van der Waals surface area contributed by atoms with Gasteiger partial charge >= 0.3 is 5.97 Å². The van der Waals surface area contributed by atoms with Crippen molar-refractivity contribution in [3.63, 3.8) is 0 Å². The summed E-state index contributed by atoms with van der Waals surface area (Å²) in [6.45, 7) is 7.68. The van der Waals surface area contributed by atoms with Crippen LogP contribution in [-0.2, 0) is 19.0 Å². The fraction of sp³-hybridized carbons (Fsp3) is 0.958. The molecule has 9 fully saturated rings. The molecule has 0 aromatic heterocycles. The average molecular weight is 418 g/mol. The minimum Gasteiger partial charge on any atom is -0.459 e. The van der Waals surface area contributed by atoms with Gasteiger partial charge in [-0.15, -0.1) is 0 Å². The summed E-state index contributed by atoms with van der Waals surface area (Å²) in [5.41, 5.74) is -0.730.